The normalized spacial score (nSPS) is 13.1. The Morgan fingerprint density at radius 3 is 2.48 bits per heavy atom. The lowest BCUT2D eigenvalue weighted by molar-refractivity contribution is -0.146. The van der Waals surface area contributed by atoms with Gasteiger partial charge >= 0.3 is 5.97 Å². The smallest absolute Gasteiger partial charge is 0.328 e. The SMILES string of the molecule is CC[C@H](C)[C@@H](NC(=O)CSc1nnc(-c2cc(C)cc(C)c2)o1)C(=O)OC. The molecule has 2 atom stereocenters. The first-order chi connectivity index (χ1) is 12.8. The van der Waals surface area contributed by atoms with Crippen LogP contribution in [0.2, 0.25) is 0 Å². The highest BCUT2D eigenvalue weighted by atomic mass is 32.2. The zero-order valence-corrected chi connectivity index (χ0v) is 17.1. The van der Waals surface area contributed by atoms with Crippen LogP contribution in [0.3, 0.4) is 0 Å². The molecule has 8 heteroatoms. The van der Waals surface area contributed by atoms with Gasteiger partial charge in [-0.1, -0.05) is 49.2 Å². The van der Waals surface area contributed by atoms with E-state index in [1.54, 1.807) is 0 Å². The van der Waals surface area contributed by atoms with E-state index in [1.165, 1.54) is 7.11 Å². The Hall–Kier alpha value is -2.35. The Morgan fingerprint density at radius 1 is 1.22 bits per heavy atom. The van der Waals surface area contributed by atoms with E-state index in [1.807, 2.05) is 39.8 Å². The third-order valence-electron chi connectivity index (χ3n) is 4.19. The zero-order chi connectivity index (χ0) is 20.0. The Labute approximate surface area is 163 Å². The van der Waals surface area contributed by atoms with Crippen molar-refractivity contribution in [2.75, 3.05) is 12.9 Å². The van der Waals surface area contributed by atoms with Crippen molar-refractivity contribution < 1.29 is 18.7 Å². The number of nitrogens with zero attached hydrogens (tertiary/aromatic N) is 2. The molecule has 1 aromatic carbocycles. The van der Waals surface area contributed by atoms with Gasteiger partial charge in [0.15, 0.2) is 0 Å². The van der Waals surface area contributed by atoms with E-state index in [0.29, 0.717) is 11.1 Å². The van der Waals surface area contributed by atoms with Gasteiger partial charge in [0.05, 0.1) is 12.9 Å². The first kappa shape index (κ1) is 21.0. The van der Waals surface area contributed by atoms with Crippen molar-refractivity contribution >= 4 is 23.6 Å². The van der Waals surface area contributed by atoms with Crippen LogP contribution in [-0.2, 0) is 14.3 Å². The fourth-order valence-corrected chi connectivity index (χ4v) is 3.20. The van der Waals surface area contributed by atoms with E-state index in [0.717, 1.165) is 34.9 Å². The average molecular weight is 391 g/mol. The van der Waals surface area contributed by atoms with Gasteiger partial charge in [-0.15, -0.1) is 10.2 Å². The molecule has 0 aliphatic heterocycles. The van der Waals surface area contributed by atoms with Crippen LogP contribution in [0.25, 0.3) is 11.5 Å². The first-order valence-corrected chi connectivity index (χ1v) is 9.74. The lowest BCUT2D eigenvalue weighted by atomic mass is 9.99. The first-order valence-electron chi connectivity index (χ1n) is 8.76. The molecule has 0 saturated carbocycles. The summed E-state index contributed by atoms with van der Waals surface area (Å²) in [4.78, 5) is 24.1. The van der Waals surface area contributed by atoms with Gasteiger partial charge in [-0.25, -0.2) is 4.79 Å². The second kappa shape index (κ2) is 9.55. The number of aryl methyl sites for hydroxylation is 2. The highest BCUT2D eigenvalue weighted by Crippen LogP contribution is 2.24. The number of hydrogen-bond acceptors (Lipinski definition) is 7. The molecule has 0 saturated heterocycles. The lowest BCUT2D eigenvalue weighted by Gasteiger charge is -2.21. The van der Waals surface area contributed by atoms with Crippen molar-refractivity contribution in [2.24, 2.45) is 5.92 Å². The van der Waals surface area contributed by atoms with Crippen LogP contribution in [0.15, 0.2) is 27.8 Å². The van der Waals surface area contributed by atoms with E-state index in [4.69, 9.17) is 9.15 Å². The van der Waals surface area contributed by atoms with Crippen LogP contribution in [0.4, 0.5) is 0 Å². The molecule has 1 amide bonds. The largest absolute Gasteiger partial charge is 0.467 e. The van der Waals surface area contributed by atoms with Crippen LogP contribution < -0.4 is 5.32 Å². The molecule has 2 rings (SSSR count). The zero-order valence-electron chi connectivity index (χ0n) is 16.2. The molecule has 0 aliphatic rings. The predicted octanol–water partition coefficient (Wildman–Crippen LogP) is 3.15. The van der Waals surface area contributed by atoms with Gasteiger partial charge in [-0.2, -0.15) is 0 Å². The number of methoxy groups -OCH3 is 1. The second-order valence-corrected chi connectivity index (χ2v) is 7.42. The molecule has 1 N–H and O–H groups in total. The predicted molar refractivity (Wildman–Crippen MR) is 103 cm³/mol. The summed E-state index contributed by atoms with van der Waals surface area (Å²) < 4.78 is 10.4. The number of ether oxygens (including phenoxy) is 1. The fourth-order valence-electron chi connectivity index (χ4n) is 2.62. The van der Waals surface area contributed by atoms with Gasteiger partial charge in [-0.05, 0) is 31.9 Å². The van der Waals surface area contributed by atoms with Crippen molar-refractivity contribution in [1.29, 1.82) is 0 Å². The quantitative estimate of drug-likeness (QED) is 0.545. The molecular formula is C19H25N3O4S. The van der Waals surface area contributed by atoms with Gasteiger partial charge in [0.25, 0.3) is 5.22 Å². The minimum Gasteiger partial charge on any atom is -0.467 e. The molecule has 27 heavy (non-hydrogen) atoms. The average Bonchev–Trinajstić information content (AvgIpc) is 3.11. The molecule has 0 aliphatic carbocycles. The van der Waals surface area contributed by atoms with E-state index >= 15 is 0 Å². The molecule has 0 bridgehead atoms. The number of nitrogens with one attached hydrogen (secondary N) is 1. The van der Waals surface area contributed by atoms with E-state index in [-0.39, 0.29) is 17.6 Å². The van der Waals surface area contributed by atoms with Crippen molar-refractivity contribution in [1.82, 2.24) is 15.5 Å². The van der Waals surface area contributed by atoms with Crippen LogP contribution >= 0.6 is 11.8 Å². The minimum atomic E-state index is -0.665. The van der Waals surface area contributed by atoms with Gasteiger partial charge in [-0.3, -0.25) is 4.79 Å². The standard InChI is InChI=1S/C19H25N3O4S/c1-6-13(4)16(18(24)25-5)20-15(23)10-27-19-22-21-17(26-19)14-8-11(2)7-12(3)9-14/h7-9,13,16H,6,10H2,1-5H3,(H,20,23)/t13-,16+/m0/s1. The Balaban J connectivity index is 1.97. The highest BCUT2D eigenvalue weighted by molar-refractivity contribution is 7.99. The van der Waals surface area contributed by atoms with E-state index in [2.05, 4.69) is 21.6 Å². The maximum absolute atomic E-state index is 12.2. The Bertz CT molecular complexity index is 786. The number of benzene rings is 1. The lowest BCUT2D eigenvalue weighted by Crippen LogP contribution is -2.46. The third kappa shape index (κ3) is 5.82. The number of thioether (sulfide) groups is 1. The number of aromatic nitrogens is 2. The minimum absolute atomic E-state index is 0.0223. The van der Waals surface area contributed by atoms with Gasteiger partial charge in [0, 0.05) is 5.56 Å². The summed E-state index contributed by atoms with van der Waals surface area (Å²) in [5, 5.41) is 11.0. The summed E-state index contributed by atoms with van der Waals surface area (Å²) in [7, 11) is 1.31. The topological polar surface area (TPSA) is 94.3 Å². The van der Waals surface area contributed by atoms with E-state index < -0.39 is 12.0 Å². The molecule has 1 heterocycles. The number of carbonyl (C=O) groups is 2. The number of carbonyl (C=O) groups excluding carboxylic acids is 2. The highest BCUT2D eigenvalue weighted by Gasteiger charge is 2.26. The van der Waals surface area contributed by atoms with Crippen molar-refractivity contribution in [3.8, 4) is 11.5 Å². The summed E-state index contributed by atoms with van der Waals surface area (Å²) in [6.45, 7) is 7.85. The summed E-state index contributed by atoms with van der Waals surface area (Å²) >= 11 is 1.13. The monoisotopic (exact) mass is 391 g/mol. The van der Waals surface area contributed by atoms with Crippen LogP contribution in [-0.4, -0.2) is 41.0 Å². The Morgan fingerprint density at radius 2 is 1.89 bits per heavy atom. The molecule has 0 radical (unpaired) electrons. The van der Waals surface area contributed by atoms with Crippen LogP contribution in [0, 0.1) is 19.8 Å². The number of esters is 1. The summed E-state index contributed by atoms with van der Waals surface area (Å²) in [6.07, 6.45) is 0.746. The Kier molecular flexibility index (Phi) is 7.41. The number of hydrogen-bond donors (Lipinski definition) is 1. The fraction of sp³-hybridized carbons (Fsp3) is 0.474. The summed E-state index contributed by atoms with van der Waals surface area (Å²) in [6, 6.07) is 5.33. The van der Waals surface area contributed by atoms with Crippen LogP contribution in [0.1, 0.15) is 31.4 Å². The second-order valence-electron chi connectivity index (χ2n) is 6.49. The van der Waals surface area contributed by atoms with Gasteiger partial charge in [0.1, 0.15) is 6.04 Å². The molecule has 0 unspecified atom stereocenters. The van der Waals surface area contributed by atoms with Gasteiger partial charge in [0.2, 0.25) is 11.8 Å². The summed E-state index contributed by atoms with van der Waals surface area (Å²) in [5.41, 5.74) is 3.06. The van der Waals surface area contributed by atoms with E-state index in [9.17, 15) is 9.59 Å². The third-order valence-corrected chi connectivity index (χ3v) is 5.00. The molecular weight excluding hydrogens is 366 g/mol. The maximum Gasteiger partial charge on any atom is 0.328 e. The molecule has 2 aromatic rings. The maximum atomic E-state index is 12.2. The summed E-state index contributed by atoms with van der Waals surface area (Å²) in [5.74, 6) is -0.277. The van der Waals surface area contributed by atoms with Crippen molar-refractivity contribution in [3.63, 3.8) is 0 Å². The molecule has 146 valence electrons. The molecule has 1 aromatic heterocycles. The molecule has 7 nitrogen and oxygen atoms in total. The molecule has 0 spiro atoms. The van der Waals surface area contributed by atoms with Gasteiger partial charge < -0.3 is 14.5 Å². The van der Waals surface area contributed by atoms with Crippen molar-refractivity contribution in [2.45, 2.75) is 45.4 Å². The molecule has 0 fully saturated rings. The van der Waals surface area contributed by atoms with Crippen LogP contribution in [0.5, 0.6) is 0 Å². The number of rotatable bonds is 8. The number of amides is 1. The van der Waals surface area contributed by atoms with Crippen molar-refractivity contribution in [3.05, 3.63) is 29.3 Å².